The Balaban J connectivity index is 2.44. The number of carbonyl (C=O) groups is 2. The quantitative estimate of drug-likeness (QED) is 0.693. The first kappa shape index (κ1) is 15.8. The average Bonchev–Trinajstić information content (AvgIpc) is 3.02. The number of carboxylic acid groups (broad SMARTS) is 1. The number of amides is 2. The molecule has 5 heteroatoms. The van der Waals surface area contributed by atoms with Gasteiger partial charge >= 0.3 is 12.0 Å². The molecule has 1 aliphatic rings. The van der Waals surface area contributed by atoms with Crippen LogP contribution in [0.1, 0.15) is 53.4 Å². The fraction of sp³-hybridized carbons (Fsp3) is 0.857. The van der Waals surface area contributed by atoms with Crippen molar-refractivity contribution in [3.8, 4) is 0 Å². The van der Waals surface area contributed by atoms with Gasteiger partial charge in [0.05, 0.1) is 0 Å². The standard InChI is InChI=1S/C14H26N2O3/c1-5-6-14(7-8-14)9-15-12(19)16-10(11(17)18)13(2,3)4/h10H,5-9H2,1-4H3,(H,17,18)(H2,15,16,19)/t10-/m0/s1. The van der Waals surface area contributed by atoms with Crippen LogP contribution in [0.3, 0.4) is 0 Å². The van der Waals surface area contributed by atoms with Gasteiger partial charge in [-0.15, -0.1) is 0 Å². The predicted molar refractivity (Wildman–Crippen MR) is 74.0 cm³/mol. The van der Waals surface area contributed by atoms with Crippen molar-refractivity contribution in [3.63, 3.8) is 0 Å². The van der Waals surface area contributed by atoms with Crippen molar-refractivity contribution in [2.24, 2.45) is 10.8 Å². The summed E-state index contributed by atoms with van der Waals surface area (Å²) in [4.78, 5) is 23.0. The van der Waals surface area contributed by atoms with Crippen molar-refractivity contribution in [1.82, 2.24) is 10.6 Å². The summed E-state index contributed by atoms with van der Waals surface area (Å²) in [6, 6.07) is -1.27. The Labute approximate surface area is 115 Å². The van der Waals surface area contributed by atoms with E-state index >= 15 is 0 Å². The number of nitrogens with one attached hydrogen (secondary N) is 2. The molecular weight excluding hydrogens is 244 g/mol. The summed E-state index contributed by atoms with van der Waals surface area (Å²) in [5.74, 6) is -1.00. The highest BCUT2D eigenvalue weighted by Gasteiger charge is 2.41. The third kappa shape index (κ3) is 4.73. The molecule has 19 heavy (non-hydrogen) atoms. The number of urea groups is 1. The molecule has 0 spiro atoms. The predicted octanol–water partition coefficient (Wildman–Crippen LogP) is 2.37. The van der Waals surface area contributed by atoms with Gasteiger partial charge < -0.3 is 15.7 Å². The molecule has 0 unspecified atom stereocenters. The maximum absolute atomic E-state index is 11.8. The summed E-state index contributed by atoms with van der Waals surface area (Å²) >= 11 is 0. The molecule has 0 bridgehead atoms. The first-order valence-corrected chi connectivity index (χ1v) is 6.97. The SMILES string of the molecule is CCCC1(CNC(=O)N[C@@H](C(=O)O)C(C)(C)C)CC1. The van der Waals surface area contributed by atoms with Crippen molar-refractivity contribution in [1.29, 1.82) is 0 Å². The zero-order valence-electron chi connectivity index (χ0n) is 12.4. The van der Waals surface area contributed by atoms with Crippen LogP contribution in [0.15, 0.2) is 0 Å². The van der Waals surface area contributed by atoms with Crippen LogP contribution in [-0.4, -0.2) is 29.7 Å². The van der Waals surface area contributed by atoms with Crippen LogP contribution in [0.25, 0.3) is 0 Å². The highest BCUT2D eigenvalue weighted by molar-refractivity contribution is 5.83. The molecule has 0 aliphatic heterocycles. The van der Waals surface area contributed by atoms with Crippen molar-refractivity contribution >= 4 is 12.0 Å². The molecule has 1 rings (SSSR count). The largest absolute Gasteiger partial charge is 0.480 e. The third-order valence-electron chi connectivity index (χ3n) is 3.75. The summed E-state index contributed by atoms with van der Waals surface area (Å²) in [6.07, 6.45) is 4.55. The first-order chi connectivity index (χ1) is 8.70. The van der Waals surface area contributed by atoms with Gasteiger partial charge in [-0.25, -0.2) is 9.59 Å². The molecule has 0 saturated heterocycles. The second-order valence-electron chi connectivity index (χ2n) is 6.71. The zero-order valence-corrected chi connectivity index (χ0v) is 12.4. The van der Waals surface area contributed by atoms with Gasteiger partial charge in [-0.05, 0) is 30.1 Å². The molecule has 0 aromatic heterocycles. The lowest BCUT2D eigenvalue weighted by molar-refractivity contribution is -0.141. The van der Waals surface area contributed by atoms with Crippen molar-refractivity contribution in [2.45, 2.75) is 59.4 Å². The molecule has 1 aliphatic carbocycles. The molecule has 0 aromatic carbocycles. The smallest absolute Gasteiger partial charge is 0.326 e. The van der Waals surface area contributed by atoms with Gasteiger partial charge in [0.2, 0.25) is 0 Å². The maximum Gasteiger partial charge on any atom is 0.326 e. The Morgan fingerprint density at radius 2 is 1.89 bits per heavy atom. The molecule has 0 heterocycles. The molecule has 0 aromatic rings. The van der Waals surface area contributed by atoms with E-state index in [9.17, 15) is 9.59 Å². The normalized spacial score (nSPS) is 18.5. The topological polar surface area (TPSA) is 78.4 Å². The van der Waals surface area contributed by atoms with Gasteiger partial charge in [0, 0.05) is 6.54 Å². The highest BCUT2D eigenvalue weighted by Crippen LogP contribution is 2.48. The Morgan fingerprint density at radius 3 is 2.26 bits per heavy atom. The van der Waals surface area contributed by atoms with Crippen LogP contribution in [0.2, 0.25) is 0 Å². The van der Waals surface area contributed by atoms with Crippen molar-refractivity contribution in [2.75, 3.05) is 6.54 Å². The highest BCUT2D eigenvalue weighted by atomic mass is 16.4. The zero-order chi connectivity index (χ0) is 14.7. The molecule has 3 N–H and O–H groups in total. The minimum atomic E-state index is -1.00. The number of hydrogen-bond donors (Lipinski definition) is 3. The third-order valence-corrected chi connectivity index (χ3v) is 3.75. The molecule has 1 saturated carbocycles. The lowest BCUT2D eigenvalue weighted by Gasteiger charge is -2.28. The Kier molecular flexibility index (Phi) is 4.82. The Bertz CT molecular complexity index is 343. The second kappa shape index (κ2) is 5.80. The Morgan fingerprint density at radius 1 is 1.32 bits per heavy atom. The summed E-state index contributed by atoms with van der Waals surface area (Å²) < 4.78 is 0. The van der Waals surface area contributed by atoms with Crippen LogP contribution >= 0.6 is 0 Å². The minimum absolute atomic E-state index is 0.270. The van der Waals surface area contributed by atoms with E-state index in [-0.39, 0.29) is 11.4 Å². The number of carboxylic acids is 1. The monoisotopic (exact) mass is 270 g/mol. The molecule has 1 fully saturated rings. The maximum atomic E-state index is 11.8. The van der Waals surface area contributed by atoms with Crippen molar-refractivity contribution < 1.29 is 14.7 Å². The van der Waals surface area contributed by atoms with E-state index in [1.807, 2.05) is 0 Å². The minimum Gasteiger partial charge on any atom is -0.480 e. The molecule has 110 valence electrons. The lowest BCUT2D eigenvalue weighted by atomic mass is 9.87. The Hall–Kier alpha value is -1.26. The van der Waals surface area contributed by atoms with E-state index in [1.54, 1.807) is 20.8 Å². The van der Waals surface area contributed by atoms with Crippen LogP contribution in [0.5, 0.6) is 0 Å². The number of hydrogen-bond acceptors (Lipinski definition) is 2. The van der Waals surface area contributed by atoms with Crippen LogP contribution < -0.4 is 10.6 Å². The number of carbonyl (C=O) groups excluding carboxylic acids is 1. The average molecular weight is 270 g/mol. The van der Waals surface area contributed by atoms with E-state index in [2.05, 4.69) is 17.6 Å². The molecular formula is C14H26N2O3. The van der Waals surface area contributed by atoms with Crippen LogP contribution in [0, 0.1) is 10.8 Å². The lowest BCUT2D eigenvalue weighted by Crippen LogP contribution is -2.52. The summed E-state index contributed by atoms with van der Waals surface area (Å²) in [6.45, 7) is 8.17. The molecule has 5 nitrogen and oxygen atoms in total. The van der Waals surface area contributed by atoms with E-state index < -0.39 is 17.4 Å². The van der Waals surface area contributed by atoms with Crippen molar-refractivity contribution in [3.05, 3.63) is 0 Å². The second-order valence-corrected chi connectivity index (χ2v) is 6.71. The van der Waals surface area contributed by atoms with Crippen LogP contribution in [-0.2, 0) is 4.79 Å². The summed E-state index contributed by atoms with van der Waals surface area (Å²) in [7, 11) is 0. The molecule has 2 amide bonds. The number of rotatable bonds is 6. The van der Waals surface area contributed by atoms with Crippen LogP contribution in [0.4, 0.5) is 4.79 Å². The molecule has 0 radical (unpaired) electrons. The van der Waals surface area contributed by atoms with E-state index in [0.29, 0.717) is 6.54 Å². The van der Waals surface area contributed by atoms with Gasteiger partial charge in [-0.2, -0.15) is 0 Å². The first-order valence-electron chi connectivity index (χ1n) is 6.97. The van der Waals surface area contributed by atoms with Gasteiger partial charge in [-0.1, -0.05) is 34.1 Å². The van der Waals surface area contributed by atoms with E-state index in [1.165, 1.54) is 0 Å². The number of aliphatic carboxylic acids is 1. The van der Waals surface area contributed by atoms with Gasteiger partial charge in [0.25, 0.3) is 0 Å². The molecule has 1 atom stereocenters. The van der Waals surface area contributed by atoms with E-state index in [4.69, 9.17) is 5.11 Å². The fourth-order valence-corrected chi connectivity index (χ4v) is 2.32. The van der Waals surface area contributed by atoms with E-state index in [0.717, 1.165) is 25.7 Å². The fourth-order valence-electron chi connectivity index (χ4n) is 2.32. The van der Waals surface area contributed by atoms with Gasteiger partial charge in [0.15, 0.2) is 0 Å². The van der Waals surface area contributed by atoms with Gasteiger partial charge in [0.1, 0.15) is 6.04 Å². The van der Waals surface area contributed by atoms with Gasteiger partial charge in [-0.3, -0.25) is 0 Å². The summed E-state index contributed by atoms with van der Waals surface area (Å²) in [5, 5.41) is 14.5. The summed E-state index contributed by atoms with van der Waals surface area (Å²) in [5.41, 5.74) is -0.240.